The van der Waals surface area contributed by atoms with Gasteiger partial charge in [-0.3, -0.25) is 0 Å². The fourth-order valence-corrected chi connectivity index (χ4v) is 1.92. The molecule has 0 aliphatic carbocycles. The van der Waals surface area contributed by atoms with Crippen LogP contribution in [0.1, 0.15) is 11.1 Å². The van der Waals surface area contributed by atoms with Crippen LogP contribution in [0.5, 0.6) is 0 Å². The lowest BCUT2D eigenvalue weighted by Crippen LogP contribution is -2.19. The van der Waals surface area contributed by atoms with E-state index in [1.165, 1.54) is 6.07 Å². The normalized spacial score (nSPS) is 9.65. The number of nitrogens with zero attached hydrogens (tertiary/aromatic N) is 1. The third-order valence-corrected chi connectivity index (χ3v) is 2.94. The van der Waals surface area contributed by atoms with Gasteiger partial charge in [-0.1, -0.05) is 23.7 Å². The van der Waals surface area contributed by atoms with Gasteiger partial charge >= 0.3 is 6.03 Å². The van der Waals surface area contributed by atoms with Crippen molar-refractivity contribution in [1.29, 1.82) is 5.26 Å². The van der Waals surface area contributed by atoms with E-state index < -0.39 is 0 Å². The molecule has 2 rings (SSSR count). The molecular formula is C15H12ClN3O. The predicted octanol–water partition coefficient (Wildman–Crippen LogP) is 4.16. The monoisotopic (exact) mass is 285 g/mol. The number of carbonyl (C=O) groups is 1. The molecule has 0 aliphatic rings. The summed E-state index contributed by atoms with van der Waals surface area (Å²) in [5.41, 5.74) is 2.65. The van der Waals surface area contributed by atoms with Gasteiger partial charge in [-0.2, -0.15) is 5.26 Å². The lowest BCUT2D eigenvalue weighted by Gasteiger charge is -2.09. The largest absolute Gasteiger partial charge is 0.323 e. The van der Waals surface area contributed by atoms with E-state index in [0.717, 1.165) is 5.56 Å². The van der Waals surface area contributed by atoms with Crippen molar-refractivity contribution in [2.24, 2.45) is 0 Å². The molecule has 0 aliphatic heterocycles. The molecule has 2 aromatic rings. The SMILES string of the molecule is Cc1cccc(NC(=O)Nc2ccc(C#N)cc2Cl)c1. The number of hydrogen-bond acceptors (Lipinski definition) is 2. The van der Waals surface area contributed by atoms with E-state index in [-0.39, 0.29) is 6.03 Å². The summed E-state index contributed by atoms with van der Waals surface area (Å²) in [5, 5.41) is 14.4. The molecule has 20 heavy (non-hydrogen) atoms. The molecule has 5 heteroatoms. The summed E-state index contributed by atoms with van der Waals surface area (Å²) in [7, 11) is 0. The molecule has 4 nitrogen and oxygen atoms in total. The minimum Gasteiger partial charge on any atom is -0.308 e. The van der Waals surface area contributed by atoms with Crippen molar-refractivity contribution in [3.05, 3.63) is 58.6 Å². The number of amides is 2. The first-order valence-electron chi connectivity index (χ1n) is 5.93. The fraction of sp³-hybridized carbons (Fsp3) is 0.0667. The molecule has 0 radical (unpaired) electrons. The fourth-order valence-electron chi connectivity index (χ4n) is 1.69. The Bertz CT molecular complexity index is 692. The van der Waals surface area contributed by atoms with Crippen LogP contribution in [0, 0.1) is 18.3 Å². The molecule has 0 aromatic heterocycles. The lowest BCUT2D eigenvalue weighted by atomic mass is 10.2. The van der Waals surface area contributed by atoms with Crippen molar-refractivity contribution in [3.63, 3.8) is 0 Å². The van der Waals surface area contributed by atoms with Crippen molar-refractivity contribution < 1.29 is 4.79 Å². The van der Waals surface area contributed by atoms with Gasteiger partial charge in [0, 0.05) is 5.69 Å². The smallest absolute Gasteiger partial charge is 0.308 e. The lowest BCUT2D eigenvalue weighted by molar-refractivity contribution is 0.262. The molecule has 2 aromatic carbocycles. The number of benzene rings is 2. The third-order valence-electron chi connectivity index (χ3n) is 2.62. The van der Waals surface area contributed by atoms with Gasteiger partial charge in [0.25, 0.3) is 0 Å². The van der Waals surface area contributed by atoms with E-state index in [4.69, 9.17) is 16.9 Å². The third kappa shape index (κ3) is 3.50. The Balaban J connectivity index is 2.07. The summed E-state index contributed by atoms with van der Waals surface area (Å²) in [4.78, 5) is 11.9. The van der Waals surface area contributed by atoms with Crippen molar-refractivity contribution in [1.82, 2.24) is 0 Å². The van der Waals surface area contributed by atoms with Crippen LogP contribution in [-0.2, 0) is 0 Å². The van der Waals surface area contributed by atoms with Gasteiger partial charge in [0.05, 0.1) is 22.3 Å². The molecule has 2 amide bonds. The maximum Gasteiger partial charge on any atom is 0.323 e. The van der Waals surface area contributed by atoms with Crippen LogP contribution in [0.25, 0.3) is 0 Å². The first-order chi connectivity index (χ1) is 9.58. The van der Waals surface area contributed by atoms with Crippen molar-refractivity contribution in [3.8, 4) is 6.07 Å². The summed E-state index contributed by atoms with van der Waals surface area (Å²) in [6.45, 7) is 1.95. The number of hydrogen-bond donors (Lipinski definition) is 2. The topological polar surface area (TPSA) is 64.9 Å². The Hall–Kier alpha value is -2.51. The van der Waals surface area contributed by atoms with Gasteiger partial charge in [-0.05, 0) is 42.8 Å². The zero-order valence-corrected chi connectivity index (χ0v) is 11.5. The molecule has 0 bridgehead atoms. The van der Waals surface area contributed by atoms with Crippen molar-refractivity contribution in [2.75, 3.05) is 10.6 Å². The molecule has 0 spiro atoms. The number of anilines is 2. The molecule has 0 atom stereocenters. The number of carbonyl (C=O) groups excluding carboxylic acids is 1. The second-order valence-corrected chi connectivity index (χ2v) is 4.66. The molecule has 0 fully saturated rings. The Morgan fingerprint density at radius 2 is 2.00 bits per heavy atom. The first-order valence-corrected chi connectivity index (χ1v) is 6.30. The van der Waals surface area contributed by atoms with Crippen LogP contribution in [0.15, 0.2) is 42.5 Å². The standard InChI is InChI=1S/C15H12ClN3O/c1-10-3-2-4-12(7-10)18-15(20)19-14-6-5-11(9-17)8-13(14)16/h2-8H,1H3,(H2,18,19,20). The molecule has 2 N–H and O–H groups in total. The van der Waals surface area contributed by atoms with Gasteiger partial charge in [0.1, 0.15) is 0 Å². The highest BCUT2D eigenvalue weighted by atomic mass is 35.5. The van der Waals surface area contributed by atoms with E-state index in [2.05, 4.69) is 10.6 Å². The van der Waals surface area contributed by atoms with Crippen LogP contribution < -0.4 is 10.6 Å². The van der Waals surface area contributed by atoms with Crippen molar-refractivity contribution in [2.45, 2.75) is 6.92 Å². The first kappa shape index (κ1) is 13.9. The summed E-state index contributed by atoms with van der Waals surface area (Å²) in [6, 6.07) is 13.7. The summed E-state index contributed by atoms with van der Waals surface area (Å²) in [6.07, 6.45) is 0. The van der Waals surface area contributed by atoms with Gasteiger partial charge in [0.15, 0.2) is 0 Å². The van der Waals surface area contributed by atoms with Gasteiger partial charge in [0.2, 0.25) is 0 Å². The number of nitrogens with one attached hydrogen (secondary N) is 2. The molecule has 0 saturated heterocycles. The van der Waals surface area contributed by atoms with E-state index in [0.29, 0.717) is 22.0 Å². The Labute approximate surface area is 122 Å². The Morgan fingerprint density at radius 1 is 1.20 bits per heavy atom. The van der Waals surface area contributed by atoms with Crippen LogP contribution in [-0.4, -0.2) is 6.03 Å². The second-order valence-electron chi connectivity index (χ2n) is 4.26. The molecule has 0 heterocycles. The maximum atomic E-state index is 11.9. The zero-order valence-electron chi connectivity index (χ0n) is 10.8. The minimum absolute atomic E-state index is 0.323. The van der Waals surface area contributed by atoms with E-state index >= 15 is 0 Å². The molecule has 0 saturated carbocycles. The van der Waals surface area contributed by atoms with E-state index in [1.54, 1.807) is 18.2 Å². The van der Waals surface area contributed by atoms with Crippen molar-refractivity contribution >= 4 is 29.0 Å². The number of aryl methyl sites for hydroxylation is 1. The maximum absolute atomic E-state index is 11.9. The average Bonchev–Trinajstić information content (AvgIpc) is 2.41. The Morgan fingerprint density at radius 3 is 2.65 bits per heavy atom. The predicted molar refractivity (Wildman–Crippen MR) is 80.0 cm³/mol. The molecule has 0 unspecified atom stereocenters. The zero-order chi connectivity index (χ0) is 14.5. The number of rotatable bonds is 2. The Kier molecular flexibility index (Phi) is 4.24. The van der Waals surface area contributed by atoms with Crippen LogP contribution in [0.4, 0.5) is 16.2 Å². The molecular weight excluding hydrogens is 274 g/mol. The number of urea groups is 1. The van der Waals surface area contributed by atoms with Crippen LogP contribution >= 0.6 is 11.6 Å². The minimum atomic E-state index is -0.387. The van der Waals surface area contributed by atoms with E-state index in [1.807, 2.05) is 31.2 Å². The van der Waals surface area contributed by atoms with Crippen LogP contribution in [0.2, 0.25) is 5.02 Å². The number of halogens is 1. The average molecular weight is 286 g/mol. The van der Waals surface area contributed by atoms with Crippen LogP contribution in [0.3, 0.4) is 0 Å². The van der Waals surface area contributed by atoms with Gasteiger partial charge < -0.3 is 10.6 Å². The van der Waals surface area contributed by atoms with Gasteiger partial charge in [-0.15, -0.1) is 0 Å². The highest BCUT2D eigenvalue weighted by Crippen LogP contribution is 2.23. The van der Waals surface area contributed by atoms with Gasteiger partial charge in [-0.25, -0.2) is 4.79 Å². The second kappa shape index (κ2) is 6.09. The summed E-state index contributed by atoms with van der Waals surface area (Å²) < 4.78 is 0. The highest BCUT2D eigenvalue weighted by Gasteiger charge is 2.06. The van der Waals surface area contributed by atoms with E-state index in [9.17, 15) is 4.79 Å². The summed E-state index contributed by atoms with van der Waals surface area (Å²) in [5.74, 6) is 0. The summed E-state index contributed by atoms with van der Waals surface area (Å²) >= 11 is 5.99. The molecule has 100 valence electrons. The quantitative estimate of drug-likeness (QED) is 0.870. The number of nitriles is 1. The highest BCUT2D eigenvalue weighted by molar-refractivity contribution is 6.33.